The van der Waals surface area contributed by atoms with Crippen molar-refractivity contribution in [3.63, 3.8) is 0 Å². The molecule has 1 fully saturated rings. The molecule has 1 saturated carbocycles. The zero-order chi connectivity index (χ0) is 22.5. The minimum atomic E-state index is -1.20. The Morgan fingerprint density at radius 1 is 1.19 bits per heavy atom. The molecule has 9 nitrogen and oxygen atoms in total. The summed E-state index contributed by atoms with van der Waals surface area (Å²) in [6, 6.07) is 4.86. The SMILES string of the molecule is COC(=O)c1ccc(OC)c(CN(C(=O)c2c(C(=O)O)cnn2C)C2CCCCC2)c1. The van der Waals surface area contributed by atoms with Crippen molar-refractivity contribution in [1.29, 1.82) is 0 Å². The molecule has 0 bridgehead atoms. The second-order valence-electron chi connectivity index (χ2n) is 7.58. The molecule has 3 rings (SSSR count). The summed E-state index contributed by atoms with van der Waals surface area (Å²) >= 11 is 0. The van der Waals surface area contributed by atoms with Crippen LogP contribution in [0.15, 0.2) is 24.4 Å². The molecule has 1 aromatic carbocycles. The molecule has 0 atom stereocenters. The summed E-state index contributed by atoms with van der Waals surface area (Å²) in [6.07, 6.45) is 5.92. The van der Waals surface area contributed by atoms with Gasteiger partial charge in [0.1, 0.15) is 17.0 Å². The number of carboxylic acid groups (broad SMARTS) is 1. The molecule has 0 unspecified atom stereocenters. The fourth-order valence-electron chi connectivity index (χ4n) is 4.07. The lowest BCUT2D eigenvalue weighted by Crippen LogP contribution is -2.42. The molecule has 0 spiro atoms. The summed E-state index contributed by atoms with van der Waals surface area (Å²) in [7, 11) is 4.38. The number of hydrogen-bond donors (Lipinski definition) is 1. The van der Waals surface area contributed by atoms with Gasteiger partial charge in [-0.3, -0.25) is 9.48 Å². The van der Waals surface area contributed by atoms with Crippen LogP contribution in [0.3, 0.4) is 0 Å². The molecule has 1 amide bonds. The van der Waals surface area contributed by atoms with Crippen LogP contribution in [-0.4, -0.2) is 57.9 Å². The zero-order valence-electron chi connectivity index (χ0n) is 18.0. The minimum absolute atomic E-state index is 0.0289. The molecule has 1 heterocycles. The van der Waals surface area contributed by atoms with Crippen molar-refractivity contribution in [3.05, 3.63) is 46.8 Å². The Bertz CT molecular complexity index is 978. The highest BCUT2D eigenvalue weighted by atomic mass is 16.5. The summed E-state index contributed by atoms with van der Waals surface area (Å²) in [5.41, 5.74) is 0.884. The van der Waals surface area contributed by atoms with Crippen molar-refractivity contribution in [3.8, 4) is 5.75 Å². The van der Waals surface area contributed by atoms with Gasteiger partial charge in [-0.15, -0.1) is 0 Å². The van der Waals surface area contributed by atoms with Gasteiger partial charge >= 0.3 is 11.9 Å². The number of ether oxygens (including phenoxy) is 2. The topological polar surface area (TPSA) is 111 Å². The lowest BCUT2D eigenvalue weighted by molar-refractivity contribution is 0.0583. The fourth-order valence-corrected chi connectivity index (χ4v) is 4.07. The minimum Gasteiger partial charge on any atom is -0.496 e. The largest absolute Gasteiger partial charge is 0.496 e. The molecule has 0 saturated heterocycles. The second-order valence-corrected chi connectivity index (χ2v) is 7.58. The summed E-state index contributed by atoms with van der Waals surface area (Å²) in [5, 5.41) is 13.5. The second kappa shape index (κ2) is 9.63. The van der Waals surface area contributed by atoms with Crippen LogP contribution in [0.5, 0.6) is 5.75 Å². The van der Waals surface area contributed by atoms with Crippen LogP contribution < -0.4 is 4.74 Å². The highest BCUT2D eigenvalue weighted by Crippen LogP contribution is 2.29. The first kappa shape index (κ1) is 22.3. The van der Waals surface area contributed by atoms with Gasteiger partial charge in [-0.1, -0.05) is 19.3 Å². The number of benzene rings is 1. The maximum absolute atomic E-state index is 13.6. The number of carbonyl (C=O) groups excluding carboxylic acids is 2. The Labute approximate surface area is 180 Å². The predicted molar refractivity (Wildman–Crippen MR) is 111 cm³/mol. The van der Waals surface area contributed by atoms with E-state index in [2.05, 4.69) is 5.10 Å². The van der Waals surface area contributed by atoms with E-state index >= 15 is 0 Å². The summed E-state index contributed by atoms with van der Waals surface area (Å²) < 4.78 is 11.6. The van der Waals surface area contributed by atoms with E-state index in [4.69, 9.17) is 9.47 Å². The predicted octanol–water partition coefficient (Wildman–Crippen LogP) is 2.89. The molecule has 166 valence electrons. The van der Waals surface area contributed by atoms with E-state index in [0.717, 1.165) is 32.1 Å². The van der Waals surface area contributed by atoms with Gasteiger partial charge < -0.3 is 19.5 Å². The average molecular weight is 429 g/mol. The lowest BCUT2D eigenvalue weighted by Gasteiger charge is -2.35. The van der Waals surface area contributed by atoms with Gasteiger partial charge in [0.25, 0.3) is 5.91 Å². The normalized spacial score (nSPS) is 14.2. The van der Waals surface area contributed by atoms with Gasteiger partial charge in [-0.2, -0.15) is 5.10 Å². The van der Waals surface area contributed by atoms with E-state index in [1.165, 1.54) is 25.1 Å². The third-order valence-electron chi connectivity index (χ3n) is 5.69. The van der Waals surface area contributed by atoms with Crippen molar-refractivity contribution < 1.29 is 29.0 Å². The number of amides is 1. The van der Waals surface area contributed by atoms with Crippen LogP contribution >= 0.6 is 0 Å². The maximum atomic E-state index is 13.6. The zero-order valence-corrected chi connectivity index (χ0v) is 18.0. The molecule has 1 N–H and O–H groups in total. The Morgan fingerprint density at radius 3 is 2.52 bits per heavy atom. The van der Waals surface area contributed by atoms with Crippen LogP contribution in [0, 0.1) is 0 Å². The first-order valence-electron chi connectivity index (χ1n) is 10.2. The monoisotopic (exact) mass is 429 g/mol. The number of carboxylic acids is 1. The lowest BCUT2D eigenvalue weighted by atomic mass is 9.93. The Balaban J connectivity index is 2.03. The summed E-state index contributed by atoms with van der Waals surface area (Å²) in [5.74, 6) is -1.57. The Kier molecular flexibility index (Phi) is 6.94. The van der Waals surface area contributed by atoms with Crippen LogP contribution in [0.2, 0.25) is 0 Å². The highest BCUT2D eigenvalue weighted by molar-refractivity contribution is 6.03. The number of hydrogen-bond acceptors (Lipinski definition) is 6. The van der Waals surface area contributed by atoms with Gasteiger partial charge in [-0.25, -0.2) is 9.59 Å². The van der Waals surface area contributed by atoms with Crippen molar-refractivity contribution in [2.45, 2.75) is 44.7 Å². The quantitative estimate of drug-likeness (QED) is 0.674. The third kappa shape index (κ3) is 4.70. The first-order chi connectivity index (χ1) is 14.9. The van der Waals surface area contributed by atoms with E-state index < -0.39 is 17.8 Å². The number of esters is 1. The molecular weight excluding hydrogens is 402 g/mol. The number of nitrogens with zero attached hydrogens (tertiary/aromatic N) is 3. The molecule has 31 heavy (non-hydrogen) atoms. The van der Waals surface area contributed by atoms with E-state index in [1.54, 1.807) is 30.1 Å². The van der Waals surface area contributed by atoms with Crippen LogP contribution in [0.25, 0.3) is 0 Å². The number of rotatable bonds is 7. The van der Waals surface area contributed by atoms with Crippen molar-refractivity contribution >= 4 is 17.8 Å². The number of aromatic carboxylic acids is 1. The molecule has 0 aliphatic heterocycles. The third-order valence-corrected chi connectivity index (χ3v) is 5.69. The number of aryl methyl sites for hydroxylation is 1. The summed E-state index contributed by atoms with van der Waals surface area (Å²) in [4.78, 5) is 39.0. The molecule has 1 aromatic heterocycles. The smallest absolute Gasteiger partial charge is 0.339 e. The average Bonchev–Trinajstić information content (AvgIpc) is 3.18. The molecule has 1 aliphatic carbocycles. The fraction of sp³-hybridized carbons (Fsp3) is 0.455. The van der Waals surface area contributed by atoms with E-state index in [9.17, 15) is 19.5 Å². The molecule has 0 radical (unpaired) electrons. The number of methoxy groups -OCH3 is 2. The summed E-state index contributed by atoms with van der Waals surface area (Å²) in [6.45, 7) is 0.168. The first-order valence-corrected chi connectivity index (χ1v) is 10.2. The Hall–Kier alpha value is -3.36. The van der Waals surface area contributed by atoms with E-state index in [-0.39, 0.29) is 23.8 Å². The van der Waals surface area contributed by atoms with Gasteiger partial charge in [-0.05, 0) is 31.0 Å². The molecule has 1 aliphatic rings. The molecule has 2 aromatic rings. The number of carbonyl (C=O) groups is 3. The molecular formula is C22H27N3O6. The van der Waals surface area contributed by atoms with Crippen LogP contribution in [-0.2, 0) is 18.3 Å². The van der Waals surface area contributed by atoms with E-state index in [0.29, 0.717) is 16.9 Å². The highest BCUT2D eigenvalue weighted by Gasteiger charge is 2.32. The van der Waals surface area contributed by atoms with Crippen molar-refractivity contribution in [1.82, 2.24) is 14.7 Å². The van der Waals surface area contributed by atoms with Gasteiger partial charge in [0.05, 0.1) is 26.0 Å². The standard InChI is InChI=1S/C22H27N3O6/c1-24-19(17(12-23-24)21(27)28)20(26)25(16-7-5-4-6-8-16)13-15-11-14(22(29)31-3)9-10-18(15)30-2/h9-12,16H,4-8,13H2,1-3H3,(H,27,28). The number of aromatic nitrogens is 2. The van der Waals surface area contributed by atoms with E-state index in [1.807, 2.05) is 0 Å². The van der Waals surface area contributed by atoms with Gasteiger partial charge in [0, 0.05) is 25.2 Å². The van der Waals surface area contributed by atoms with Crippen LogP contribution in [0.1, 0.15) is 68.9 Å². The van der Waals surface area contributed by atoms with Crippen molar-refractivity contribution in [2.75, 3.05) is 14.2 Å². The maximum Gasteiger partial charge on any atom is 0.339 e. The van der Waals surface area contributed by atoms with Gasteiger partial charge in [0.2, 0.25) is 0 Å². The Morgan fingerprint density at radius 2 is 1.90 bits per heavy atom. The van der Waals surface area contributed by atoms with Crippen molar-refractivity contribution in [2.24, 2.45) is 7.05 Å². The van der Waals surface area contributed by atoms with Gasteiger partial charge in [0.15, 0.2) is 0 Å². The molecule has 9 heteroatoms. The van der Waals surface area contributed by atoms with Crippen LogP contribution in [0.4, 0.5) is 0 Å².